The fourth-order valence-electron chi connectivity index (χ4n) is 2.33. The van der Waals surface area contributed by atoms with Crippen LogP contribution >= 0.6 is 22.9 Å². The molecule has 15 heavy (non-hydrogen) atoms. The zero-order chi connectivity index (χ0) is 10.3. The van der Waals surface area contributed by atoms with Crippen LogP contribution in [0.15, 0.2) is 0 Å². The quantitative estimate of drug-likeness (QED) is 0.819. The number of ether oxygens (including phenoxy) is 1. The molecule has 0 spiro atoms. The third-order valence-corrected chi connectivity index (χ3v) is 5.03. The number of halogens is 1. The number of hydrogen-bond donors (Lipinski definition) is 1. The summed E-state index contributed by atoms with van der Waals surface area (Å²) in [6, 6.07) is 0. The van der Waals surface area contributed by atoms with Crippen molar-refractivity contribution in [3.8, 4) is 0 Å². The fraction of sp³-hybridized carbons (Fsp3) is 0.636. The topological polar surface area (TPSA) is 21.3 Å². The van der Waals surface area contributed by atoms with Crippen LogP contribution in [0.3, 0.4) is 0 Å². The molecule has 1 aromatic rings. The third-order valence-electron chi connectivity index (χ3n) is 3.10. The highest BCUT2D eigenvalue weighted by Crippen LogP contribution is 2.42. The number of rotatable bonds is 1. The van der Waals surface area contributed by atoms with E-state index in [2.05, 4.69) is 5.32 Å². The Bertz CT molecular complexity index is 371. The first-order valence-corrected chi connectivity index (χ1v) is 6.68. The maximum absolute atomic E-state index is 6.41. The Morgan fingerprint density at radius 1 is 1.40 bits per heavy atom. The first kappa shape index (κ1) is 10.1. The maximum Gasteiger partial charge on any atom is 0.106 e. The Balaban J connectivity index is 1.91. The molecule has 2 nitrogen and oxygen atoms in total. The molecule has 0 aromatic carbocycles. The fourth-order valence-corrected chi connectivity index (χ4v) is 4.16. The predicted octanol–water partition coefficient (Wildman–Crippen LogP) is 2.55. The molecular formula is C11H14ClNOS. The summed E-state index contributed by atoms with van der Waals surface area (Å²) < 4.78 is 5.75. The summed E-state index contributed by atoms with van der Waals surface area (Å²) in [5.74, 6) is 0. The minimum absolute atomic E-state index is 0.182. The zero-order valence-electron chi connectivity index (χ0n) is 8.51. The summed E-state index contributed by atoms with van der Waals surface area (Å²) in [4.78, 5) is 2.73. The van der Waals surface area contributed by atoms with E-state index >= 15 is 0 Å². The van der Waals surface area contributed by atoms with E-state index in [4.69, 9.17) is 16.3 Å². The van der Waals surface area contributed by atoms with E-state index in [1.165, 1.54) is 28.2 Å². The molecule has 1 atom stereocenters. The summed E-state index contributed by atoms with van der Waals surface area (Å²) in [5, 5.41) is 4.34. The van der Waals surface area contributed by atoms with E-state index in [0.29, 0.717) is 0 Å². The van der Waals surface area contributed by atoms with Gasteiger partial charge in [-0.25, -0.2) is 0 Å². The average Bonchev–Trinajstić information content (AvgIpc) is 2.83. The van der Waals surface area contributed by atoms with Gasteiger partial charge in [-0.2, -0.15) is 0 Å². The molecule has 1 aliphatic heterocycles. The molecule has 1 N–H and O–H groups in total. The zero-order valence-corrected chi connectivity index (χ0v) is 10.1. The molecule has 1 aliphatic carbocycles. The molecule has 82 valence electrons. The van der Waals surface area contributed by atoms with E-state index < -0.39 is 0 Å². The average molecular weight is 244 g/mol. The minimum atomic E-state index is 0.182. The van der Waals surface area contributed by atoms with Crippen LogP contribution in [0, 0.1) is 0 Å². The molecule has 2 heterocycles. The molecule has 1 unspecified atom stereocenters. The van der Waals surface area contributed by atoms with E-state index in [0.717, 1.165) is 31.1 Å². The van der Waals surface area contributed by atoms with E-state index in [9.17, 15) is 0 Å². The van der Waals surface area contributed by atoms with Crippen LogP contribution < -0.4 is 5.32 Å². The number of fused-ring (bicyclic) bond motifs is 1. The van der Waals surface area contributed by atoms with E-state index in [1.54, 1.807) is 0 Å². The van der Waals surface area contributed by atoms with Crippen LogP contribution in [0.1, 0.15) is 27.8 Å². The SMILES string of the molecule is Clc1c(C2CNCCO2)sc2c1CCC2. The molecule has 1 aromatic heterocycles. The van der Waals surface area contributed by atoms with Gasteiger partial charge in [0.2, 0.25) is 0 Å². The molecule has 4 heteroatoms. The van der Waals surface area contributed by atoms with Gasteiger partial charge in [0.1, 0.15) is 6.10 Å². The van der Waals surface area contributed by atoms with Crippen LogP contribution in [0.2, 0.25) is 5.02 Å². The summed E-state index contributed by atoms with van der Waals surface area (Å²) in [6.45, 7) is 2.65. The minimum Gasteiger partial charge on any atom is -0.370 e. The summed E-state index contributed by atoms with van der Waals surface area (Å²) in [5.41, 5.74) is 1.39. The van der Waals surface area contributed by atoms with Crippen LogP contribution in [-0.2, 0) is 17.6 Å². The van der Waals surface area contributed by atoms with Gasteiger partial charge in [-0.1, -0.05) is 11.6 Å². The van der Waals surface area contributed by atoms with E-state index in [-0.39, 0.29) is 6.10 Å². The number of thiophene rings is 1. The normalized spacial score (nSPS) is 25.5. The highest BCUT2D eigenvalue weighted by Gasteiger charge is 2.26. The Kier molecular flexibility index (Phi) is 2.73. The highest BCUT2D eigenvalue weighted by atomic mass is 35.5. The summed E-state index contributed by atoms with van der Waals surface area (Å²) in [6.07, 6.45) is 3.82. The standard InChI is InChI=1S/C11H14ClNOS/c12-10-7-2-1-3-9(7)15-11(10)8-6-13-4-5-14-8/h8,13H,1-6H2. The molecule has 0 radical (unpaired) electrons. The predicted molar refractivity (Wildman–Crippen MR) is 62.9 cm³/mol. The lowest BCUT2D eigenvalue weighted by Gasteiger charge is -2.23. The van der Waals surface area contributed by atoms with Gasteiger partial charge in [0, 0.05) is 18.0 Å². The summed E-state index contributed by atoms with van der Waals surface area (Å²) in [7, 11) is 0. The van der Waals surface area contributed by atoms with Gasteiger partial charge in [-0.15, -0.1) is 11.3 Å². The van der Waals surface area contributed by atoms with Crippen molar-refractivity contribution in [2.45, 2.75) is 25.4 Å². The van der Waals surface area contributed by atoms with E-state index in [1.807, 2.05) is 11.3 Å². The van der Waals surface area contributed by atoms with Crippen LogP contribution in [0.4, 0.5) is 0 Å². The van der Waals surface area contributed by atoms with Crippen LogP contribution in [0.5, 0.6) is 0 Å². The van der Waals surface area contributed by atoms with Crippen molar-refractivity contribution < 1.29 is 4.74 Å². The van der Waals surface area contributed by atoms with Crippen molar-refractivity contribution in [1.82, 2.24) is 5.32 Å². The van der Waals surface area contributed by atoms with Gasteiger partial charge in [-0.05, 0) is 24.8 Å². The second-order valence-corrected chi connectivity index (χ2v) is 5.61. The Morgan fingerprint density at radius 2 is 2.33 bits per heavy atom. The van der Waals surface area contributed by atoms with Crippen molar-refractivity contribution in [3.63, 3.8) is 0 Å². The number of hydrogen-bond acceptors (Lipinski definition) is 3. The number of morpholine rings is 1. The lowest BCUT2D eigenvalue weighted by Crippen LogP contribution is -2.33. The molecule has 0 saturated carbocycles. The Hall–Kier alpha value is -0.0900. The van der Waals surface area contributed by atoms with Gasteiger partial charge >= 0.3 is 0 Å². The largest absolute Gasteiger partial charge is 0.370 e. The van der Waals surface area contributed by atoms with Gasteiger partial charge in [0.05, 0.1) is 16.5 Å². The van der Waals surface area contributed by atoms with Crippen LogP contribution in [0.25, 0.3) is 0 Å². The number of aryl methyl sites for hydroxylation is 1. The Morgan fingerprint density at radius 3 is 3.07 bits per heavy atom. The highest BCUT2D eigenvalue weighted by molar-refractivity contribution is 7.13. The third kappa shape index (κ3) is 1.72. The summed E-state index contributed by atoms with van der Waals surface area (Å²) >= 11 is 8.26. The lowest BCUT2D eigenvalue weighted by atomic mass is 10.2. The molecule has 0 bridgehead atoms. The monoisotopic (exact) mass is 243 g/mol. The molecule has 0 amide bonds. The second-order valence-electron chi connectivity index (χ2n) is 4.10. The Labute approximate surface area is 98.6 Å². The molecular weight excluding hydrogens is 230 g/mol. The van der Waals surface area contributed by atoms with Gasteiger partial charge < -0.3 is 10.1 Å². The van der Waals surface area contributed by atoms with Crippen molar-refractivity contribution in [2.75, 3.05) is 19.7 Å². The first-order valence-electron chi connectivity index (χ1n) is 5.48. The smallest absolute Gasteiger partial charge is 0.106 e. The number of nitrogens with one attached hydrogen (secondary N) is 1. The van der Waals surface area contributed by atoms with Gasteiger partial charge in [-0.3, -0.25) is 0 Å². The second kappa shape index (κ2) is 4.06. The molecule has 2 aliphatic rings. The van der Waals surface area contributed by atoms with Gasteiger partial charge in [0.15, 0.2) is 0 Å². The van der Waals surface area contributed by atoms with Crippen molar-refractivity contribution in [1.29, 1.82) is 0 Å². The molecule has 3 rings (SSSR count). The molecule has 1 fully saturated rings. The van der Waals surface area contributed by atoms with Gasteiger partial charge in [0.25, 0.3) is 0 Å². The van der Waals surface area contributed by atoms with Crippen molar-refractivity contribution in [3.05, 3.63) is 20.3 Å². The van der Waals surface area contributed by atoms with Crippen molar-refractivity contribution >= 4 is 22.9 Å². The van der Waals surface area contributed by atoms with Crippen molar-refractivity contribution in [2.24, 2.45) is 0 Å². The first-order chi connectivity index (χ1) is 7.36. The maximum atomic E-state index is 6.41. The lowest BCUT2D eigenvalue weighted by molar-refractivity contribution is 0.0300. The molecule has 1 saturated heterocycles. The van der Waals surface area contributed by atoms with Crippen LogP contribution in [-0.4, -0.2) is 19.7 Å².